The van der Waals surface area contributed by atoms with Gasteiger partial charge in [0.15, 0.2) is 5.65 Å². The summed E-state index contributed by atoms with van der Waals surface area (Å²) in [6.45, 7) is 11.0. The van der Waals surface area contributed by atoms with Crippen molar-refractivity contribution in [1.29, 1.82) is 0 Å². The van der Waals surface area contributed by atoms with E-state index < -0.39 is 12.7 Å². The minimum absolute atomic E-state index is 0.171. The third-order valence-corrected chi connectivity index (χ3v) is 6.41. The van der Waals surface area contributed by atoms with Gasteiger partial charge in [0, 0.05) is 17.3 Å². The summed E-state index contributed by atoms with van der Waals surface area (Å²) in [4.78, 5) is 6.37. The summed E-state index contributed by atoms with van der Waals surface area (Å²) in [6, 6.07) is 4.08. The van der Waals surface area contributed by atoms with Crippen LogP contribution in [0, 0.1) is 34.6 Å². The molecule has 1 aliphatic rings. The molecule has 0 saturated heterocycles. The van der Waals surface area contributed by atoms with E-state index in [0.717, 1.165) is 39.2 Å². The number of benzene rings is 1. The first-order chi connectivity index (χ1) is 14.5. The molecular weight excluding hydrogens is 401 g/mol. The second kappa shape index (κ2) is 7.53. The van der Waals surface area contributed by atoms with E-state index in [9.17, 15) is 13.2 Å². The predicted molar refractivity (Wildman–Crippen MR) is 118 cm³/mol. The third kappa shape index (κ3) is 3.68. The van der Waals surface area contributed by atoms with Crippen LogP contribution in [0.25, 0.3) is 16.8 Å². The molecule has 3 aromatic rings. The number of halogens is 3. The Hall–Kier alpha value is -2.57. The zero-order valence-electron chi connectivity index (χ0n) is 19.0. The quantitative estimate of drug-likeness (QED) is 0.509. The number of hydrogen-bond donors (Lipinski definition) is 0. The number of hydrogen-bond acceptors (Lipinski definition) is 3. The molecule has 0 amide bonds. The van der Waals surface area contributed by atoms with E-state index in [0.29, 0.717) is 30.7 Å². The average molecular weight is 431 g/mol. The molecule has 0 N–H and O–H groups in total. The summed E-state index contributed by atoms with van der Waals surface area (Å²) in [5.41, 5.74) is 8.45. The fourth-order valence-corrected chi connectivity index (χ4v) is 5.20. The predicted octanol–water partition coefficient (Wildman–Crippen LogP) is 6.03. The first kappa shape index (κ1) is 21.7. The summed E-state index contributed by atoms with van der Waals surface area (Å²) >= 11 is 0. The van der Waals surface area contributed by atoms with E-state index >= 15 is 0 Å². The van der Waals surface area contributed by atoms with Crippen LogP contribution in [0.2, 0.25) is 0 Å². The van der Waals surface area contributed by atoms with Gasteiger partial charge < -0.3 is 4.90 Å². The lowest BCUT2D eigenvalue weighted by molar-refractivity contribution is -0.121. The topological polar surface area (TPSA) is 33.4 Å². The summed E-state index contributed by atoms with van der Waals surface area (Å²) < 4.78 is 42.3. The van der Waals surface area contributed by atoms with E-state index in [1.165, 1.54) is 10.5 Å². The Bertz CT molecular complexity index is 1140. The molecule has 0 saturated carbocycles. The zero-order chi connectivity index (χ0) is 22.7. The number of aromatic nitrogens is 3. The minimum atomic E-state index is -4.29. The van der Waals surface area contributed by atoms with Crippen molar-refractivity contribution in [3.05, 3.63) is 45.8 Å². The second-order valence-corrected chi connectivity index (χ2v) is 8.81. The minimum Gasteiger partial charge on any atom is -0.344 e. The van der Waals surface area contributed by atoms with Crippen LogP contribution in [0.3, 0.4) is 0 Å². The van der Waals surface area contributed by atoms with Crippen LogP contribution in [0.15, 0.2) is 12.1 Å². The largest absolute Gasteiger partial charge is 0.405 e. The SMILES string of the molecule is CCC1CCc2c(C)nc3c(-c4c(C)cc(C)cc4C)c(C)nn3c2N1CC(F)(F)F. The van der Waals surface area contributed by atoms with Gasteiger partial charge in [-0.15, -0.1) is 0 Å². The summed E-state index contributed by atoms with van der Waals surface area (Å²) in [7, 11) is 0. The second-order valence-electron chi connectivity index (χ2n) is 8.81. The van der Waals surface area contributed by atoms with Gasteiger partial charge in [-0.2, -0.15) is 22.8 Å². The molecule has 31 heavy (non-hydrogen) atoms. The Labute approximate surface area is 181 Å². The molecule has 2 aromatic heterocycles. The number of rotatable bonds is 3. The zero-order valence-corrected chi connectivity index (χ0v) is 19.0. The Kier molecular flexibility index (Phi) is 5.26. The molecule has 1 atom stereocenters. The molecule has 1 aromatic carbocycles. The van der Waals surface area contributed by atoms with Gasteiger partial charge in [0.2, 0.25) is 0 Å². The van der Waals surface area contributed by atoms with Crippen molar-refractivity contribution >= 4 is 11.5 Å². The monoisotopic (exact) mass is 430 g/mol. The molecule has 0 bridgehead atoms. The first-order valence-corrected chi connectivity index (χ1v) is 10.8. The highest BCUT2D eigenvalue weighted by Gasteiger charge is 2.38. The Morgan fingerprint density at radius 3 is 2.23 bits per heavy atom. The fraction of sp³-hybridized carbons (Fsp3) is 0.500. The van der Waals surface area contributed by atoms with Crippen molar-refractivity contribution in [2.45, 2.75) is 73.0 Å². The Balaban J connectivity index is 2.03. The van der Waals surface area contributed by atoms with E-state index in [2.05, 4.69) is 32.9 Å². The number of aryl methyl sites for hydroxylation is 5. The lowest BCUT2D eigenvalue weighted by Crippen LogP contribution is -2.46. The molecule has 3 heterocycles. The molecule has 4 rings (SSSR count). The lowest BCUT2D eigenvalue weighted by atomic mass is 9.93. The van der Waals surface area contributed by atoms with Gasteiger partial charge in [-0.25, -0.2) is 4.98 Å². The van der Waals surface area contributed by atoms with Crippen LogP contribution < -0.4 is 4.90 Å². The van der Waals surface area contributed by atoms with Crippen LogP contribution in [-0.2, 0) is 6.42 Å². The summed E-state index contributed by atoms with van der Waals surface area (Å²) in [5.74, 6) is 0.551. The molecule has 0 spiro atoms. The number of nitrogens with zero attached hydrogens (tertiary/aromatic N) is 4. The maximum atomic E-state index is 13.6. The molecule has 0 fully saturated rings. The maximum absolute atomic E-state index is 13.6. The van der Waals surface area contributed by atoms with Crippen molar-refractivity contribution in [3.8, 4) is 11.1 Å². The van der Waals surface area contributed by atoms with Crippen LogP contribution in [-0.4, -0.2) is 33.4 Å². The van der Waals surface area contributed by atoms with Gasteiger partial charge in [0.05, 0.1) is 11.3 Å². The van der Waals surface area contributed by atoms with Gasteiger partial charge >= 0.3 is 6.18 Å². The van der Waals surface area contributed by atoms with Gasteiger partial charge in [0.1, 0.15) is 12.4 Å². The van der Waals surface area contributed by atoms with E-state index in [1.807, 2.05) is 20.8 Å². The van der Waals surface area contributed by atoms with Gasteiger partial charge in [-0.05, 0) is 70.6 Å². The van der Waals surface area contributed by atoms with E-state index in [4.69, 9.17) is 10.1 Å². The maximum Gasteiger partial charge on any atom is 0.405 e. The first-order valence-electron chi connectivity index (χ1n) is 10.8. The fourth-order valence-electron chi connectivity index (χ4n) is 5.20. The van der Waals surface area contributed by atoms with E-state index in [1.54, 1.807) is 4.52 Å². The number of anilines is 1. The van der Waals surface area contributed by atoms with Crippen molar-refractivity contribution in [1.82, 2.24) is 14.6 Å². The smallest absolute Gasteiger partial charge is 0.344 e. The van der Waals surface area contributed by atoms with Crippen molar-refractivity contribution in [2.24, 2.45) is 0 Å². The average Bonchev–Trinajstić information content (AvgIpc) is 2.96. The molecule has 0 radical (unpaired) electrons. The number of fused-ring (bicyclic) bond motifs is 3. The van der Waals surface area contributed by atoms with Crippen molar-refractivity contribution < 1.29 is 13.2 Å². The van der Waals surface area contributed by atoms with Crippen molar-refractivity contribution in [3.63, 3.8) is 0 Å². The molecule has 7 heteroatoms. The van der Waals surface area contributed by atoms with Crippen molar-refractivity contribution in [2.75, 3.05) is 11.4 Å². The molecule has 1 aliphatic heterocycles. The Morgan fingerprint density at radius 2 is 1.65 bits per heavy atom. The molecule has 1 unspecified atom stereocenters. The van der Waals surface area contributed by atoms with Crippen LogP contribution >= 0.6 is 0 Å². The third-order valence-electron chi connectivity index (χ3n) is 6.41. The highest BCUT2D eigenvalue weighted by atomic mass is 19.4. The molecule has 4 nitrogen and oxygen atoms in total. The van der Waals surface area contributed by atoms with Gasteiger partial charge in [0.25, 0.3) is 0 Å². The van der Waals surface area contributed by atoms with Crippen LogP contribution in [0.4, 0.5) is 19.0 Å². The molecular formula is C24H29F3N4. The van der Waals surface area contributed by atoms with Crippen LogP contribution in [0.1, 0.15) is 53.4 Å². The van der Waals surface area contributed by atoms with E-state index in [-0.39, 0.29) is 6.04 Å². The molecule has 0 aliphatic carbocycles. The molecule has 166 valence electrons. The standard InChI is InChI=1S/C24H29F3N4/c1-7-18-8-9-19-16(5)28-22-21(20-14(3)10-13(2)11-15(20)4)17(6)29-31(22)23(19)30(18)12-24(25,26)27/h10-11,18H,7-9,12H2,1-6H3. The summed E-state index contributed by atoms with van der Waals surface area (Å²) in [5, 5.41) is 4.74. The summed E-state index contributed by atoms with van der Waals surface area (Å²) in [6.07, 6.45) is -2.23. The van der Waals surface area contributed by atoms with Gasteiger partial charge in [-0.1, -0.05) is 24.6 Å². The highest BCUT2D eigenvalue weighted by molar-refractivity contribution is 5.85. The lowest BCUT2D eigenvalue weighted by Gasteiger charge is -2.39. The van der Waals surface area contributed by atoms with Gasteiger partial charge in [-0.3, -0.25) is 0 Å². The normalized spacial score (nSPS) is 16.8. The Morgan fingerprint density at radius 1 is 1.00 bits per heavy atom. The van der Waals surface area contributed by atoms with Crippen LogP contribution in [0.5, 0.6) is 0 Å². The highest BCUT2D eigenvalue weighted by Crippen LogP contribution is 2.40. The number of alkyl halides is 3.